The molecule has 0 radical (unpaired) electrons. The summed E-state index contributed by atoms with van der Waals surface area (Å²) in [4.78, 5) is 22.0. The fourth-order valence-corrected chi connectivity index (χ4v) is 0.795. The molecule has 0 aliphatic heterocycles. The van der Waals surface area contributed by atoms with E-state index in [1.807, 2.05) is 13.8 Å². The van der Waals surface area contributed by atoms with Crippen LogP contribution in [0.25, 0.3) is 0 Å². The van der Waals surface area contributed by atoms with E-state index >= 15 is 0 Å². The maximum atomic E-state index is 11.1. The first kappa shape index (κ1) is 17.3. The lowest BCUT2D eigenvalue weighted by atomic mass is 10.2. The topological polar surface area (TPSA) is 55.4 Å². The number of rotatable bonds is 4. The van der Waals surface area contributed by atoms with Crippen LogP contribution in [0.15, 0.2) is 0 Å². The van der Waals surface area contributed by atoms with Gasteiger partial charge in [0.15, 0.2) is 0 Å². The van der Waals surface area contributed by atoms with Gasteiger partial charge in [-0.05, 0) is 20.8 Å². The van der Waals surface area contributed by atoms with Gasteiger partial charge in [-0.3, -0.25) is 4.79 Å². The molecular weight excluding hydrogens is 206 g/mol. The molecular formula is C12H25NO3. The second-order valence-corrected chi connectivity index (χ2v) is 4.07. The summed E-state index contributed by atoms with van der Waals surface area (Å²) in [5.41, 5.74) is -0.487. The molecule has 0 bridgehead atoms. The fourth-order valence-electron chi connectivity index (χ4n) is 0.795. The molecule has 0 aromatic heterocycles. The number of carbonyl (C=O) groups excluding carboxylic acids is 2. The van der Waals surface area contributed by atoms with E-state index in [0.29, 0.717) is 19.4 Å². The molecule has 0 aromatic carbocycles. The van der Waals surface area contributed by atoms with Crippen molar-refractivity contribution in [3.05, 3.63) is 0 Å². The van der Waals surface area contributed by atoms with E-state index in [-0.39, 0.29) is 5.78 Å². The third-order valence-corrected chi connectivity index (χ3v) is 1.47. The Morgan fingerprint density at radius 3 is 2.06 bits per heavy atom. The van der Waals surface area contributed by atoms with Crippen molar-refractivity contribution in [1.82, 2.24) is 5.32 Å². The van der Waals surface area contributed by atoms with Crippen molar-refractivity contribution in [2.75, 3.05) is 6.54 Å². The molecule has 0 heterocycles. The lowest BCUT2D eigenvalue weighted by molar-refractivity contribution is -0.118. The minimum atomic E-state index is -0.487. The van der Waals surface area contributed by atoms with E-state index < -0.39 is 11.7 Å². The zero-order valence-electron chi connectivity index (χ0n) is 11.3. The lowest BCUT2D eigenvalue weighted by Crippen LogP contribution is -2.33. The maximum Gasteiger partial charge on any atom is 0.407 e. The predicted octanol–water partition coefficient (Wildman–Crippen LogP) is 2.91. The zero-order chi connectivity index (χ0) is 13.2. The summed E-state index contributed by atoms with van der Waals surface area (Å²) in [6.07, 6.45) is 0.410. The van der Waals surface area contributed by atoms with Crippen molar-refractivity contribution in [2.45, 2.75) is 60.0 Å². The highest BCUT2D eigenvalue weighted by Gasteiger charge is 2.15. The van der Waals surface area contributed by atoms with Crippen LogP contribution in [0.1, 0.15) is 54.4 Å². The predicted molar refractivity (Wildman–Crippen MR) is 65.5 cm³/mol. The third-order valence-electron chi connectivity index (χ3n) is 1.47. The molecule has 0 spiro atoms. The average Bonchev–Trinajstić information content (AvgIpc) is 2.18. The number of amides is 1. The number of Topliss-reactive ketones (excluding diaryl/α,β-unsaturated/α-hetero) is 1. The molecule has 0 saturated heterocycles. The van der Waals surface area contributed by atoms with Crippen molar-refractivity contribution in [3.63, 3.8) is 0 Å². The van der Waals surface area contributed by atoms with Gasteiger partial charge in [-0.15, -0.1) is 0 Å². The van der Waals surface area contributed by atoms with Gasteiger partial charge in [0.2, 0.25) is 0 Å². The molecule has 4 nitrogen and oxygen atoms in total. The molecule has 0 fully saturated rings. The van der Waals surface area contributed by atoms with Crippen LogP contribution < -0.4 is 5.32 Å². The highest BCUT2D eigenvalue weighted by Crippen LogP contribution is 2.06. The number of nitrogens with one attached hydrogen (secondary N) is 1. The highest BCUT2D eigenvalue weighted by molar-refractivity contribution is 5.78. The number of ether oxygens (including phenoxy) is 1. The molecule has 0 aliphatic carbocycles. The van der Waals surface area contributed by atoms with E-state index in [4.69, 9.17) is 4.74 Å². The molecule has 96 valence electrons. The van der Waals surface area contributed by atoms with Crippen molar-refractivity contribution < 1.29 is 14.3 Å². The van der Waals surface area contributed by atoms with Gasteiger partial charge in [-0.1, -0.05) is 20.8 Å². The van der Waals surface area contributed by atoms with Gasteiger partial charge in [-0.2, -0.15) is 0 Å². The summed E-state index contributed by atoms with van der Waals surface area (Å²) >= 11 is 0. The van der Waals surface area contributed by atoms with Crippen molar-refractivity contribution >= 4 is 11.9 Å². The molecule has 1 amide bonds. The number of hydrogen-bond acceptors (Lipinski definition) is 3. The average molecular weight is 231 g/mol. The highest BCUT2D eigenvalue weighted by atomic mass is 16.6. The van der Waals surface area contributed by atoms with E-state index in [1.165, 1.54) is 0 Å². The summed E-state index contributed by atoms with van der Waals surface area (Å²) in [5, 5.41) is 2.52. The maximum absolute atomic E-state index is 11.1. The van der Waals surface area contributed by atoms with Crippen molar-refractivity contribution in [1.29, 1.82) is 0 Å². The first-order chi connectivity index (χ1) is 7.35. The van der Waals surface area contributed by atoms with E-state index in [0.717, 1.165) is 0 Å². The van der Waals surface area contributed by atoms with E-state index in [1.54, 1.807) is 27.7 Å². The largest absolute Gasteiger partial charge is 0.444 e. The second-order valence-electron chi connectivity index (χ2n) is 4.07. The summed E-state index contributed by atoms with van der Waals surface area (Å²) in [7, 11) is 0. The summed E-state index contributed by atoms with van der Waals surface area (Å²) < 4.78 is 4.99. The van der Waals surface area contributed by atoms with Crippen LogP contribution in [0, 0.1) is 0 Å². The molecule has 4 heteroatoms. The van der Waals surface area contributed by atoms with Crippen molar-refractivity contribution in [2.24, 2.45) is 0 Å². The van der Waals surface area contributed by atoms with Crippen LogP contribution >= 0.6 is 0 Å². The molecule has 0 rings (SSSR count). The standard InChI is InChI=1S/C10H19NO3.C2H6/c1-5-8(12)6-7-11-9(13)14-10(2,3)4;1-2/h5-7H2,1-4H3,(H,11,13);1-2H3. The Bertz CT molecular complexity index is 207. The Labute approximate surface area is 98.7 Å². The van der Waals surface area contributed by atoms with Gasteiger partial charge in [0.25, 0.3) is 0 Å². The molecule has 0 unspecified atom stereocenters. The lowest BCUT2D eigenvalue weighted by Gasteiger charge is -2.19. The molecule has 0 atom stereocenters. The van der Waals surface area contributed by atoms with Crippen LogP contribution in [0.4, 0.5) is 4.79 Å². The quantitative estimate of drug-likeness (QED) is 0.809. The minimum Gasteiger partial charge on any atom is -0.444 e. The summed E-state index contributed by atoms with van der Waals surface area (Å²) in [6.45, 7) is 11.5. The first-order valence-corrected chi connectivity index (χ1v) is 5.83. The van der Waals surface area contributed by atoms with Crippen LogP contribution in [0.3, 0.4) is 0 Å². The monoisotopic (exact) mass is 231 g/mol. The fraction of sp³-hybridized carbons (Fsp3) is 0.833. The summed E-state index contributed by atoms with van der Waals surface area (Å²) in [6, 6.07) is 0. The van der Waals surface area contributed by atoms with Gasteiger partial charge in [0.05, 0.1) is 0 Å². The number of carbonyl (C=O) groups is 2. The number of alkyl carbamates (subject to hydrolysis) is 1. The molecule has 0 saturated carbocycles. The Morgan fingerprint density at radius 2 is 1.69 bits per heavy atom. The minimum absolute atomic E-state index is 0.140. The molecule has 1 N–H and O–H groups in total. The molecule has 0 aliphatic rings. The zero-order valence-corrected chi connectivity index (χ0v) is 11.3. The van der Waals surface area contributed by atoms with E-state index in [2.05, 4.69) is 5.32 Å². The van der Waals surface area contributed by atoms with Crippen LogP contribution in [0.5, 0.6) is 0 Å². The van der Waals surface area contributed by atoms with E-state index in [9.17, 15) is 9.59 Å². The van der Waals surface area contributed by atoms with Crippen LogP contribution in [-0.4, -0.2) is 24.0 Å². The Morgan fingerprint density at radius 1 is 1.19 bits per heavy atom. The third kappa shape index (κ3) is 12.9. The second kappa shape index (κ2) is 9.19. The Balaban J connectivity index is 0. The molecule has 16 heavy (non-hydrogen) atoms. The molecule has 0 aromatic rings. The number of hydrogen-bond donors (Lipinski definition) is 1. The smallest absolute Gasteiger partial charge is 0.407 e. The summed E-state index contributed by atoms with van der Waals surface area (Å²) in [5.74, 6) is 0.140. The Kier molecular flexibility index (Phi) is 9.96. The van der Waals surface area contributed by atoms with Gasteiger partial charge in [0, 0.05) is 19.4 Å². The van der Waals surface area contributed by atoms with Gasteiger partial charge in [-0.25, -0.2) is 4.79 Å². The van der Waals surface area contributed by atoms with Gasteiger partial charge in [0.1, 0.15) is 11.4 Å². The van der Waals surface area contributed by atoms with Gasteiger partial charge >= 0.3 is 6.09 Å². The normalized spacial score (nSPS) is 9.88. The first-order valence-electron chi connectivity index (χ1n) is 5.83. The van der Waals surface area contributed by atoms with Gasteiger partial charge < -0.3 is 10.1 Å². The Hall–Kier alpha value is -1.06. The van der Waals surface area contributed by atoms with Crippen LogP contribution in [0.2, 0.25) is 0 Å². The number of ketones is 1. The SMILES string of the molecule is CC.CCC(=O)CCNC(=O)OC(C)(C)C. The van der Waals surface area contributed by atoms with Crippen molar-refractivity contribution in [3.8, 4) is 0 Å². The van der Waals surface area contributed by atoms with Crippen LogP contribution in [-0.2, 0) is 9.53 Å².